The second-order valence-electron chi connectivity index (χ2n) is 6.22. The van der Waals surface area contributed by atoms with Crippen LogP contribution in [0.5, 0.6) is 0 Å². The topological polar surface area (TPSA) is 34.4 Å². The lowest BCUT2D eigenvalue weighted by molar-refractivity contribution is -0.117. The highest BCUT2D eigenvalue weighted by Gasteiger charge is 2.09. The van der Waals surface area contributed by atoms with Crippen molar-refractivity contribution in [1.29, 1.82) is 0 Å². The molecule has 126 valence electrons. The maximum Gasteiger partial charge on any atom is 0.252 e. The van der Waals surface area contributed by atoms with Crippen LogP contribution in [-0.2, 0) is 17.8 Å². The highest BCUT2D eigenvalue weighted by atomic mass is 32.1. The number of hydrogen-bond acceptors (Lipinski definition) is 2. The average Bonchev–Trinajstić information content (AvgIpc) is 2.92. The summed E-state index contributed by atoms with van der Waals surface area (Å²) in [6.07, 6.45) is 5.81. The molecule has 1 heterocycles. The first-order valence-corrected chi connectivity index (χ1v) is 9.08. The number of amides is 1. The van der Waals surface area contributed by atoms with Gasteiger partial charge in [-0.1, -0.05) is 67.5 Å². The maximum atomic E-state index is 12.4. The first kappa shape index (κ1) is 17.2. The number of terminal acetylenes is 1. The Morgan fingerprint density at radius 3 is 2.68 bits per heavy atom. The molecule has 0 spiro atoms. The molecule has 0 bridgehead atoms. The van der Waals surface area contributed by atoms with E-state index < -0.39 is 0 Å². The Hall–Kier alpha value is -2.64. The van der Waals surface area contributed by atoms with E-state index in [4.69, 9.17) is 6.42 Å². The van der Waals surface area contributed by atoms with Gasteiger partial charge in [0.1, 0.15) is 0 Å². The van der Waals surface area contributed by atoms with Gasteiger partial charge in [0.05, 0.1) is 23.2 Å². The molecule has 0 aliphatic heterocycles. The third kappa shape index (κ3) is 3.89. The van der Waals surface area contributed by atoms with E-state index in [-0.39, 0.29) is 5.91 Å². The molecule has 0 radical (unpaired) electrons. The van der Waals surface area contributed by atoms with Gasteiger partial charge in [0.15, 0.2) is 4.80 Å². The fraction of sp³-hybridized carbons (Fsp3) is 0.238. The van der Waals surface area contributed by atoms with Crippen LogP contribution in [0.15, 0.2) is 53.5 Å². The Labute approximate surface area is 151 Å². The Kier molecular flexibility index (Phi) is 5.16. The summed E-state index contributed by atoms with van der Waals surface area (Å²) in [6.45, 7) is 4.73. The van der Waals surface area contributed by atoms with E-state index in [2.05, 4.69) is 43.0 Å². The van der Waals surface area contributed by atoms with Crippen LogP contribution in [-0.4, -0.2) is 10.5 Å². The van der Waals surface area contributed by atoms with Gasteiger partial charge in [0.2, 0.25) is 0 Å². The van der Waals surface area contributed by atoms with E-state index in [0.29, 0.717) is 23.7 Å². The molecule has 3 aromatic rings. The Bertz CT molecular complexity index is 1000. The minimum absolute atomic E-state index is 0.160. The number of thiazole rings is 1. The van der Waals surface area contributed by atoms with Gasteiger partial charge in [-0.2, -0.15) is 4.99 Å². The molecular formula is C21H20N2OS. The molecule has 0 aliphatic rings. The van der Waals surface area contributed by atoms with E-state index in [9.17, 15) is 4.79 Å². The predicted octanol–water partition coefficient (Wildman–Crippen LogP) is 4.13. The number of carbonyl (C=O) groups is 1. The quantitative estimate of drug-likeness (QED) is 0.653. The zero-order valence-corrected chi connectivity index (χ0v) is 15.2. The molecule has 1 aromatic heterocycles. The van der Waals surface area contributed by atoms with Crippen LogP contribution < -0.4 is 4.80 Å². The summed E-state index contributed by atoms with van der Waals surface area (Å²) in [5.74, 6) is 2.95. The van der Waals surface area contributed by atoms with Crippen molar-refractivity contribution in [2.45, 2.75) is 32.7 Å². The summed E-state index contributed by atoms with van der Waals surface area (Å²) in [7, 11) is 0. The molecule has 0 saturated carbocycles. The van der Waals surface area contributed by atoms with Crippen molar-refractivity contribution in [2.24, 2.45) is 4.99 Å². The van der Waals surface area contributed by atoms with Gasteiger partial charge in [-0.15, -0.1) is 6.42 Å². The lowest BCUT2D eigenvalue weighted by atomic mass is 10.0. The normalized spacial score (nSPS) is 11.8. The molecule has 2 aromatic carbocycles. The van der Waals surface area contributed by atoms with Crippen LogP contribution in [0.4, 0.5) is 0 Å². The zero-order chi connectivity index (χ0) is 17.8. The lowest BCUT2D eigenvalue weighted by Crippen LogP contribution is -2.17. The van der Waals surface area contributed by atoms with Crippen LogP contribution in [0.2, 0.25) is 0 Å². The molecular weight excluding hydrogens is 328 g/mol. The standard InChI is InChI=1S/C21H20N2OS/c1-4-12-23-18-11-10-17(15(2)3)14-19(18)25-21(23)22-20(24)13-16-8-6-5-7-9-16/h1,5-11,14-15H,12-13H2,2-3H3. The van der Waals surface area contributed by atoms with Gasteiger partial charge in [-0.25, -0.2) is 0 Å². The second kappa shape index (κ2) is 7.50. The van der Waals surface area contributed by atoms with Gasteiger partial charge < -0.3 is 4.57 Å². The molecule has 0 saturated heterocycles. The Balaban J connectivity index is 2.03. The van der Waals surface area contributed by atoms with Gasteiger partial charge in [0, 0.05) is 0 Å². The molecule has 4 heteroatoms. The second-order valence-corrected chi connectivity index (χ2v) is 7.23. The average molecular weight is 348 g/mol. The largest absolute Gasteiger partial charge is 0.305 e. The molecule has 25 heavy (non-hydrogen) atoms. The number of rotatable bonds is 4. The number of aromatic nitrogens is 1. The molecule has 0 fully saturated rings. The van der Waals surface area contributed by atoms with E-state index in [0.717, 1.165) is 15.8 Å². The monoisotopic (exact) mass is 348 g/mol. The molecule has 0 atom stereocenters. The van der Waals surface area contributed by atoms with E-state index in [1.54, 1.807) is 0 Å². The predicted molar refractivity (Wildman–Crippen MR) is 103 cm³/mol. The van der Waals surface area contributed by atoms with Crippen molar-refractivity contribution in [3.63, 3.8) is 0 Å². The number of fused-ring (bicyclic) bond motifs is 1. The van der Waals surface area contributed by atoms with Crippen molar-refractivity contribution < 1.29 is 4.79 Å². The van der Waals surface area contributed by atoms with Crippen LogP contribution in [0.1, 0.15) is 30.9 Å². The first-order chi connectivity index (χ1) is 12.1. The number of carbonyl (C=O) groups excluding carboxylic acids is 1. The SMILES string of the molecule is C#CCn1c(=NC(=O)Cc2ccccc2)sc2cc(C(C)C)ccc21. The summed E-state index contributed by atoms with van der Waals surface area (Å²) in [5, 5.41) is 0. The van der Waals surface area contributed by atoms with Crippen molar-refractivity contribution in [2.75, 3.05) is 0 Å². The third-order valence-electron chi connectivity index (χ3n) is 4.04. The summed E-state index contributed by atoms with van der Waals surface area (Å²) >= 11 is 1.51. The molecule has 0 unspecified atom stereocenters. The molecule has 3 rings (SSSR count). The van der Waals surface area contributed by atoms with Gasteiger partial charge in [-0.3, -0.25) is 4.79 Å². The van der Waals surface area contributed by atoms with Crippen LogP contribution >= 0.6 is 11.3 Å². The third-order valence-corrected chi connectivity index (χ3v) is 5.08. The summed E-state index contributed by atoms with van der Waals surface area (Å²) in [4.78, 5) is 17.4. The number of hydrogen-bond donors (Lipinski definition) is 0. The smallest absolute Gasteiger partial charge is 0.252 e. The van der Waals surface area contributed by atoms with Crippen LogP contribution in [0, 0.1) is 12.3 Å². The van der Waals surface area contributed by atoms with Crippen LogP contribution in [0.25, 0.3) is 10.2 Å². The number of benzene rings is 2. The van der Waals surface area contributed by atoms with E-state index in [1.807, 2.05) is 34.9 Å². The molecule has 0 aliphatic carbocycles. The molecule has 0 N–H and O–H groups in total. The maximum absolute atomic E-state index is 12.4. The van der Waals surface area contributed by atoms with Gasteiger partial charge >= 0.3 is 0 Å². The van der Waals surface area contributed by atoms with Crippen molar-refractivity contribution >= 4 is 27.5 Å². The summed E-state index contributed by atoms with van der Waals surface area (Å²) in [5.41, 5.74) is 3.25. The van der Waals surface area contributed by atoms with Gasteiger partial charge in [0.25, 0.3) is 5.91 Å². The summed E-state index contributed by atoms with van der Waals surface area (Å²) in [6, 6.07) is 16.0. The fourth-order valence-corrected chi connectivity index (χ4v) is 3.79. The van der Waals surface area contributed by atoms with Gasteiger partial charge in [-0.05, 0) is 29.2 Å². The molecule has 1 amide bonds. The molecule has 3 nitrogen and oxygen atoms in total. The first-order valence-electron chi connectivity index (χ1n) is 8.26. The number of nitrogens with zero attached hydrogens (tertiary/aromatic N) is 2. The minimum atomic E-state index is -0.160. The van der Waals surface area contributed by atoms with Crippen molar-refractivity contribution in [3.05, 3.63) is 64.5 Å². The summed E-state index contributed by atoms with van der Waals surface area (Å²) < 4.78 is 3.04. The fourth-order valence-electron chi connectivity index (χ4n) is 2.70. The highest BCUT2D eigenvalue weighted by molar-refractivity contribution is 7.16. The Morgan fingerprint density at radius 1 is 1.24 bits per heavy atom. The van der Waals surface area contributed by atoms with E-state index >= 15 is 0 Å². The lowest BCUT2D eigenvalue weighted by Gasteiger charge is -2.05. The van der Waals surface area contributed by atoms with E-state index in [1.165, 1.54) is 16.9 Å². The van der Waals surface area contributed by atoms with Crippen LogP contribution in [0.3, 0.4) is 0 Å². The van der Waals surface area contributed by atoms with Crippen molar-refractivity contribution in [1.82, 2.24) is 4.57 Å². The zero-order valence-electron chi connectivity index (χ0n) is 14.4. The van der Waals surface area contributed by atoms with Crippen molar-refractivity contribution in [3.8, 4) is 12.3 Å². The Morgan fingerprint density at radius 2 is 2.00 bits per heavy atom. The minimum Gasteiger partial charge on any atom is -0.305 e. The highest BCUT2D eigenvalue weighted by Crippen LogP contribution is 2.23.